The molecule has 0 saturated heterocycles. The van der Waals surface area contributed by atoms with Gasteiger partial charge in [-0.3, -0.25) is 4.68 Å². The van der Waals surface area contributed by atoms with Crippen LogP contribution >= 0.6 is 0 Å². The first kappa shape index (κ1) is 11.5. The van der Waals surface area contributed by atoms with Gasteiger partial charge in [-0.2, -0.15) is 5.10 Å². The molecule has 3 heteroatoms. The van der Waals surface area contributed by atoms with Crippen molar-refractivity contribution in [1.82, 2.24) is 9.78 Å². The van der Waals surface area contributed by atoms with Crippen LogP contribution in [0.25, 0.3) is 11.1 Å². The van der Waals surface area contributed by atoms with E-state index in [1.807, 2.05) is 11.7 Å². The van der Waals surface area contributed by atoms with E-state index >= 15 is 0 Å². The number of benzene rings is 1. The lowest BCUT2D eigenvalue weighted by molar-refractivity contribution is 0.713. The molecule has 94 valence electrons. The van der Waals surface area contributed by atoms with Crippen LogP contribution in [0.1, 0.15) is 35.0 Å². The van der Waals surface area contributed by atoms with Crippen LogP contribution in [0.4, 0.5) is 0 Å². The highest BCUT2D eigenvalue weighted by molar-refractivity contribution is 5.73. The molecule has 2 aromatic rings. The van der Waals surface area contributed by atoms with E-state index < -0.39 is 0 Å². The molecule has 0 spiro atoms. The number of nitrogens with two attached hydrogens (primary N) is 1. The standard InChI is InChI=1S/C15H19N3/c1-9-15(10(2)18(3)17-9)13-6-4-5-12-11(13)7-8-14(12)16/h4-6,14H,7-8,16H2,1-3H3. The maximum Gasteiger partial charge on any atom is 0.0674 e. The highest BCUT2D eigenvalue weighted by Gasteiger charge is 2.24. The van der Waals surface area contributed by atoms with Crippen molar-refractivity contribution in [2.24, 2.45) is 12.8 Å². The fraction of sp³-hybridized carbons (Fsp3) is 0.400. The van der Waals surface area contributed by atoms with E-state index in [1.54, 1.807) is 0 Å². The molecule has 2 N–H and O–H groups in total. The van der Waals surface area contributed by atoms with Crippen LogP contribution in [-0.4, -0.2) is 9.78 Å². The second-order valence-electron chi connectivity index (χ2n) is 5.19. The summed E-state index contributed by atoms with van der Waals surface area (Å²) in [6.45, 7) is 4.21. The summed E-state index contributed by atoms with van der Waals surface area (Å²) in [4.78, 5) is 0. The van der Waals surface area contributed by atoms with Gasteiger partial charge in [0.15, 0.2) is 0 Å². The molecule has 1 heterocycles. The topological polar surface area (TPSA) is 43.8 Å². The van der Waals surface area contributed by atoms with Gasteiger partial charge in [0.1, 0.15) is 0 Å². The molecule has 1 aliphatic carbocycles. The van der Waals surface area contributed by atoms with Crippen molar-refractivity contribution in [2.75, 3.05) is 0 Å². The van der Waals surface area contributed by atoms with Crippen LogP contribution in [0.2, 0.25) is 0 Å². The highest BCUT2D eigenvalue weighted by Crippen LogP contribution is 2.38. The minimum absolute atomic E-state index is 0.206. The molecule has 0 radical (unpaired) electrons. The second kappa shape index (κ2) is 3.95. The average molecular weight is 241 g/mol. The predicted molar refractivity (Wildman–Crippen MR) is 73.4 cm³/mol. The molecule has 0 saturated carbocycles. The van der Waals surface area contributed by atoms with Crippen LogP contribution in [0.5, 0.6) is 0 Å². The zero-order chi connectivity index (χ0) is 12.9. The Morgan fingerprint density at radius 2 is 2.11 bits per heavy atom. The van der Waals surface area contributed by atoms with Crippen molar-refractivity contribution in [3.63, 3.8) is 0 Å². The van der Waals surface area contributed by atoms with Crippen molar-refractivity contribution in [2.45, 2.75) is 32.7 Å². The molecule has 3 rings (SSSR count). The van der Waals surface area contributed by atoms with E-state index in [-0.39, 0.29) is 6.04 Å². The van der Waals surface area contributed by atoms with Crippen LogP contribution in [0, 0.1) is 13.8 Å². The summed E-state index contributed by atoms with van der Waals surface area (Å²) in [5, 5.41) is 4.52. The lowest BCUT2D eigenvalue weighted by atomic mass is 9.95. The van der Waals surface area contributed by atoms with Gasteiger partial charge < -0.3 is 5.73 Å². The number of aromatic nitrogens is 2. The Morgan fingerprint density at radius 1 is 1.33 bits per heavy atom. The fourth-order valence-corrected chi connectivity index (χ4v) is 3.08. The molecule has 1 atom stereocenters. The smallest absolute Gasteiger partial charge is 0.0674 e. The molecular formula is C15H19N3. The van der Waals surface area contributed by atoms with Crippen LogP contribution in [-0.2, 0) is 13.5 Å². The van der Waals surface area contributed by atoms with Gasteiger partial charge in [-0.25, -0.2) is 0 Å². The Bertz CT molecular complexity index is 610. The Balaban J connectivity index is 2.25. The van der Waals surface area contributed by atoms with E-state index in [2.05, 4.69) is 37.1 Å². The minimum Gasteiger partial charge on any atom is -0.324 e. The first-order chi connectivity index (χ1) is 8.59. The summed E-state index contributed by atoms with van der Waals surface area (Å²) in [7, 11) is 2.00. The molecule has 0 aliphatic heterocycles. The monoisotopic (exact) mass is 241 g/mol. The molecule has 0 fully saturated rings. The fourth-order valence-electron chi connectivity index (χ4n) is 3.08. The predicted octanol–water partition coefficient (Wildman–Crippen LogP) is 2.65. The Kier molecular flexibility index (Phi) is 2.52. The van der Waals surface area contributed by atoms with Crippen LogP contribution < -0.4 is 5.73 Å². The molecule has 1 aromatic heterocycles. The summed E-state index contributed by atoms with van der Waals surface area (Å²) in [5.41, 5.74) is 13.8. The number of rotatable bonds is 1. The number of hydrogen-bond acceptors (Lipinski definition) is 2. The molecule has 0 amide bonds. The lowest BCUT2D eigenvalue weighted by Gasteiger charge is -2.10. The molecule has 0 bridgehead atoms. The van der Waals surface area contributed by atoms with Gasteiger partial charge in [-0.1, -0.05) is 18.2 Å². The van der Waals surface area contributed by atoms with Crippen molar-refractivity contribution in [3.05, 3.63) is 40.7 Å². The number of hydrogen-bond donors (Lipinski definition) is 1. The number of aryl methyl sites for hydroxylation is 2. The third-order valence-electron chi connectivity index (χ3n) is 4.10. The van der Waals surface area contributed by atoms with E-state index in [0.717, 1.165) is 18.5 Å². The third kappa shape index (κ3) is 1.51. The van der Waals surface area contributed by atoms with Gasteiger partial charge in [0.2, 0.25) is 0 Å². The van der Waals surface area contributed by atoms with Crippen molar-refractivity contribution >= 4 is 0 Å². The van der Waals surface area contributed by atoms with Crippen molar-refractivity contribution < 1.29 is 0 Å². The first-order valence-corrected chi connectivity index (χ1v) is 6.47. The Hall–Kier alpha value is -1.61. The Labute approximate surface area is 108 Å². The molecule has 1 unspecified atom stereocenters. The largest absolute Gasteiger partial charge is 0.324 e. The number of fused-ring (bicyclic) bond motifs is 1. The summed E-state index contributed by atoms with van der Waals surface area (Å²) in [6, 6.07) is 6.69. The van der Waals surface area contributed by atoms with E-state index in [0.29, 0.717) is 0 Å². The van der Waals surface area contributed by atoms with Crippen molar-refractivity contribution in [1.29, 1.82) is 0 Å². The van der Waals surface area contributed by atoms with Crippen molar-refractivity contribution in [3.8, 4) is 11.1 Å². The van der Waals surface area contributed by atoms with Gasteiger partial charge in [0.05, 0.1) is 5.69 Å². The van der Waals surface area contributed by atoms with Gasteiger partial charge in [0.25, 0.3) is 0 Å². The maximum absolute atomic E-state index is 6.15. The zero-order valence-corrected chi connectivity index (χ0v) is 11.2. The van der Waals surface area contributed by atoms with E-state index in [4.69, 9.17) is 5.73 Å². The Morgan fingerprint density at radius 3 is 2.78 bits per heavy atom. The van der Waals surface area contributed by atoms with Gasteiger partial charge in [-0.15, -0.1) is 0 Å². The van der Waals surface area contributed by atoms with E-state index in [1.165, 1.54) is 27.9 Å². The van der Waals surface area contributed by atoms with Gasteiger partial charge in [0, 0.05) is 24.3 Å². The molecule has 1 aliphatic rings. The van der Waals surface area contributed by atoms with Crippen LogP contribution in [0.3, 0.4) is 0 Å². The van der Waals surface area contributed by atoms with E-state index in [9.17, 15) is 0 Å². The zero-order valence-electron chi connectivity index (χ0n) is 11.2. The normalized spacial score (nSPS) is 18.1. The van der Waals surface area contributed by atoms with Gasteiger partial charge >= 0.3 is 0 Å². The molecule has 18 heavy (non-hydrogen) atoms. The molecule has 3 nitrogen and oxygen atoms in total. The first-order valence-electron chi connectivity index (χ1n) is 6.47. The highest BCUT2D eigenvalue weighted by atomic mass is 15.3. The molecular weight excluding hydrogens is 222 g/mol. The summed E-state index contributed by atoms with van der Waals surface area (Å²) in [5.74, 6) is 0. The minimum atomic E-state index is 0.206. The SMILES string of the molecule is Cc1nn(C)c(C)c1-c1cccc2c1CCC2N. The second-order valence-corrected chi connectivity index (χ2v) is 5.19. The average Bonchev–Trinajstić information content (AvgIpc) is 2.83. The lowest BCUT2D eigenvalue weighted by Crippen LogP contribution is -2.05. The quantitative estimate of drug-likeness (QED) is 0.834. The molecule has 1 aromatic carbocycles. The summed E-state index contributed by atoms with van der Waals surface area (Å²) < 4.78 is 1.96. The van der Waals surface area contributed by atoms with Gasteiger partial charge in [-0.05, 0) is 43.4 Å². The van der Waals surface area contributed by atoms with Crippen LogP contribution in [0.15, 0.2) is 18.2 Å². The third-order valence-corrected chi connectivity index (χ3v) is 4.10. The summed E-state index contributed by atoms with van der Waals surface area (Å²) in [6.07, 6.45) is 2.14. The maximum atomic E-state index is 6.15. The summed E-state index contributed by atoms with van der Waals surface area (Å²) >= 11 is 0. The number of nitrogens with zero attached hydrogens (tertiary/aromatic N) is 2.